The molecule has 4 aromatic rings. The van der Waals surface area contributed by atoms with Crippen LogP contribution in [0.5, 0.6) is 11.5 Å². The van der Waals surface area contributed by atoms with Gasteiger partial charge in [0.2, 0.25) is 0 Å². The lowest BCUT2D eigenvalue weighted by Crippen LogP contribution is -2.43. The van der Waals surface area contributed by atoms with Crippen LogP contribution in [0.1, 0.15) is 0 Å². The first-order valence-corrected chi connectivity index (χ1v) is 9.55. The molecule has 139 valence electrons. The standard InChI is InChI=1S/C9H9ClN2O.C7H6N2O.B7/c10-4-5-13-8-3-1-2-7-6-11-12-9(7)8;10-6-3-1-2-5-4-8-9-7(5)6;1-5-7(4)6(2)3/h1-3,6H,4-5H2,(H,11,12);1-4,10H,(H,8,9);. The topological polar surface area (TPSA) is 86.8 Å². The summed E-state index contributed by atoms with van der Waals surface area (Å²) in [6.45, 7) is 0.514. The van der Waals surface area contributed by atoms with Crippen LogP contribution in [0.4, 0.5) is 0 Å². The summed E-state index contributed by atoms with van der Waals surface area (Å²) in [7, 11) is 21.6. The molecule has 0 amide bonds. The highest BCUT2D eigenvalue weighted by atomic mass is 35.5. The zero-order chi connectivity index (χ0) is 21.9. The lowest BCUT2D eigenvalue weighted by molar-refractivity contribution is 0.346. The molecular weight excluding hydrogens is 391 g/mol. The predicted molar refractivity (Wildman–Crippen MR) is 130 cm³/mol. The molecule has 2 aromatic carbocycles. The fourth-order valence-electron chi connectivity index (χ4n) is 2.29. The van der Waals surface area contributed by atoms with Gasteiger partial charge in [-0.05, 0) is 12.1 Å². The van der Waals surface area contributed by atoms with E-state index in [0.29, 0.717) is 18.0 Å². The molecule has 4 rings (SSSR count). The van der Waals surface area contributed by atoms with Gasteiger partial charge in [0.25, 0.3) is 0 Å². The van der Waals surface area contributed by atoms with Crippen molar-refractivity contribution in [2.75, 3.05) is 12.5 Å². The minimum atomic E-state index is -0.537. The van der Waals surface area contributed by atoms with E-state index < -0.39 is 6.39 Å². The maximum absolute atomic E-state index is 9.19. The first kappa shape index (κ1) is 24.0. The number of rotatable bonds is 5. The number of nitrogens with one attached hydrogen (secondary N) is 2. The molecular formula is C16H15B7ClN4O2. The monoisotopic (exact) mass is 407 g/mol. The Kier molecular flexibility index (Phi) is 9.94. The maximum atomic E-state index is 9.19. The van der Waals surface area contributed by atoms with E-state index in [0.717, 1.165) is 22.0 Å². The molecule has 6 nitrogen and oxygen atoms in total. The van der Waals surface area contributed by atoms with Gasteiger partial charge in [0.15, 0.2) is 0 Å². The Balaban J connectivity index is 0.000000169. The van der Waals surface area contributed by atoms with Crippen LogP contribution in [0, 0.1) is 0 Å². The summed E-state index contributed by atoms with van der Waals surface area (Å²) in [4.78, 5) is 0. The minimum Gasteiger partial charge on any atom is -0.506 e. The van der Waals surface area contributed by atoms with E-state index in [1.165, 1.54) is 7.06 Å². The molecule has 2 heterocycles. The molecule has 0 fully saturated rings. The van der Waals surface area contributed by atoms with Crippen LogP contribution < -0.4 is 4.74 Å². The quantitative estimate of drug-likeness (QED) is 0.338. The largest absolute Gasteiger partial charge is 0.506 e. The number of ether oxygens (including phenoxy) is 1. The lowest BCUT2D eigenvalue weighted by atomic mass is 8.76. The Labute approximate surface area is 187 Å². The Morgan fingerprint density at radius 2 is 1.60 bits per heavy atom. The second kappa shape index (κ2) is 12.4. The van der Waals surface area contributed by atoms with Crippen LogP contribution in [0.3, 0.4) is 0 Å². The van der Waals surface area contributed by atoms with Gasteiger partial charge in [-0.25, -0.2) is 0 Å². The van der Waals surface area contributed by atoms with Crippen LogP contribution in [0.2, 0.25) is 0 Å². The number of hydrogen-bond donors (Lipinski definition) is 3. The van der Waals surface area contributed by atoms with Crippen molar-refractivity contribution in [3.05, 3.63) is 48.8 Å². The van der Waals surface area contributed by atoms with Crippen LogP contribution >= 0.6 is 11.6 Å². The number of phenols is 1. The summed E-state index contributed by atoms with van der Waals surface area (Å²) in [6, 6.07) is 11.1. The number of alkyl halides is 1. The van der Waals surface area contributed by atoms with E-state index in [-0.39, 0.29) is 12.1 Å². The summed E-state index contributed by atoms with van der Waals surface area (Å²) in [5.74, 6) is 1.54. The molecule has 0 aliphatic heterocycles. The third-order valence-corrected chi connectivity index (χ3v) is 4.05. The van der Waals surface area contributed by atoms with Gasteiger partial charge in [-0.15, -0.1) is 11.6 Å². The molecule has 0 aliphatic rings. The van der Waals surface area contributed by atoms with Crippen molar-refractivity contribution in [2.24, 2.45) is 0 Å². The van der Waals surface area contributed by atoms with E-state index in [9.17, 15) is 5.11 Å². The number of nitrogens with zero attached hydrogens (tertiary/aromatic N) is 2. The molecule has 30 heavy (non-hydrogen) atoms. The van der Waals surface area contributed by atoms with E-state index in [1.54, 1.807) is 24.5 Å². The van der Waals surface area contributed by atoms with Crippen molar-refractivity contribution in [1.82, 2.24) is 20.4 Å². The van der Waals surface area contributed by atoms with Gasteiger partial charge >= 0.3 is 0 Å². The Morgan fingerprint density at radius 3 is 2.13 bits per heavy atom. The van der Waals surface area contributed by atoms with Crippen molar-refractivity contribution >= 4 is 84.2 Å². The average molecular weight is 406 g/mol. The molecule has 2 aromatic heterocycles. The highest BCUT2D eigenvalue weighted by Crippen LogP contribution is 2.22. The van der Waals surface area contributed by atoms with Gasteiger partial charge in [-0.2, -0.15) is 10.2 Å². The molecule has 0 saturated carbocycles. The second-order valence-corrected chi connectivity index (χ2v) is 6.46. The molecule has 0 bridgehead atoms. The van der Waals surface area contributed by atoms with Crippen molar-refractivity contribution in [1.29, 1.82) is 0 Å². The van der Waals surface area contributed by atoms with Crippen LogP contribution in [-0.2, 0) is 0 Å². The minimum absolute atomic E-state index is 0.245. The predicted octanol–water partition coefficient (Wildman–Crippen LogP) is 0.783. The molecule has 0 atom stereocenters. The van der Waals surface area contributed by atoms with E-state index in [4.69, 9.17) is 47.3 Å². The van der Waals surface area contributed by atoms with Gasteiger partial charge in [0.05, 0.1) is 18.3 Å². The molecule has 0 unspecified atom stereocenters. The number of benzene rings is 2. The number of aromatic hydroxyl groups is 1. The number of aromatic nitrogens is 4. The number of phenolic OH excluding ortho intramolecular Hbond substituents is 1. The fourth-order valence-corrected chi connectivity index (χ4v) is 2.37. The second-order valence-electron chi connectivity index (χ2n) is 6.09. The fraction of sp³-hybridized carbons (Fsp3) is 0.125. The van der Waals surface area contributed by atoms with E-state index in [1.807, 2.05) is 24.3 Å². The van der Waals surface area contributed by atoms with Crippen molar-refractivity contribution < 1.29 is 9.84 Å². The SMILES string of the molecule is ClCCOc1cccc2cn[nH]c12.Oc1cccc2cn[nH]c12.[B][B]B([B])B([B])[B]. The normalized spacial score (nSPS) is 9.77. The smallest absolute Gasteiger partial charge is 0.144 e. The van der Waals surface area contributed by atoms with E-state index in [2.05, 4.69) is 20.4 Å². The highest BCUT2D eigenvalue weighted by molar-refractivity contribution is 7.81. The third kappa shape index (κ3) is 6.90. The molecule has 14 heteroatoms. The number of H-pyrrole nitrogens is 2. The van der Waals surface area contributed by atoms with Gasteiger partial charge in [0, 0.05) is 61.6 Å². The van der Waals surface area contributed by atoms with Gasteiger partial charge in [0.1, 0.15) is 29.1 Å². The summed E-state index contributed by atoms with van der Waals surface area (Å²) < 4.78 is 5.42. The molecule has 0 saturated heterocycles. The number of hydrogen-bond acceptors (Lipinski definition) is 4. The average Bonchev–Trinajstić information content (AvgIpc) is 3.42. The molecule has 0 spiro atoms. The van der Waals surface area contributed by atoms with Crippen LogP contribution in [0.15, 0.2) is 48.8 Å². The Morgan fingerprint density at radius 1 is 1.00 bits per heavy atom. The lowest BCUT2D eigenvalue weighted by Gasteiger charge is -2.05. The zero-order valence-electron chi connectivity index (χ0n) is 16.2. The molecule has 9 radical (unpaired) electrons. The van der Waals surface area contributed by atoms with Gasteiger partial charge in [-0.3, -0.25) is 10.2 Å². The number of halogens is 1. The number of fused-ring (bicyclic) bond motifs is 2. The molecule has 3 N–H and O–H groups in total. The van der Waals surface area contributed by atoms with Crippen LogP contribution in [-0.4, -0.2) is 88.8 Å². The first-order valence-electron chi connectivity index (χ1n) is 9.01. The van der Waals surface area contributed by atoms with Crippen molar-refractivity contribution in [3.8, 4) is 11.5 Å². The van der Waals surface area contributed by atoms with E-state index >= 15 is 0 Å². The van der Waals surface area contributed by atoms with Crippen molar-refractivity contribution in [2.45, 2.75) is 0 Å². The van der Waals surface area contributed by atoms with Crippen LogP contribution in [0.25, 0.3) is 21.8 Å². The molecule has 0 aliphatic carbocycles. The van der Waals surface area contributed by atoms with Gasteiger partial charge < -0.3 is 9.84 Å². The zero-order valence-corrected chi connectivity index (χ0v) is 17.0. The Hall–Kier alpha value is -2.28. The van der Waals surface area contributed by atoms with Crippen molar-refractivity contribution in [3.63, 3.8) is 0 Å². The number of aromatic amines is 2. The number of para-hydroxylation sites is 2. The summed E-state index contributed by atoms with van der Waals surface area (Å²) in [5.41, 5.74) is 1.62. The summed E-state index contributed by atoms with van der Waals surface area (Å²) >= 11 is 5.53. The summed E-state index contributed by atoms with van der Waals surface area (Å²) in [5, 5.41) is 24.4. The summed E-state index contributed by atoms with van der Waals surface area (Å²) in [6.07, 6.45) is 2.52. The highest BCUT2D eigenvalue weighted by Gasteiger charge is 2.06. The Bertz CT molecular complexity index is 1030. The third-order valence-electron chi connectivity index (χ3n) is 3.89. The first-order chi connectivity index (χ1) is 14.5. The van der Waals surface area contributed by atoms with Gasteiger partial charge in [-0.1, -0.05) is 24.3 Å². The maximum Gasteiger partial charge on any atom is 0.144 e.